The minimum absolute atomic E-state index is 0.874. The molecule has 2 spiro atoms. The molecule has 6 rings (SSSR count). The van der Waals surface area contributed by atoms with Crippen molar-refractivity contribution in [3.8, 4) is 0 Å². The highest BCUT2D eigenvalue weighted by atomic mass is 15.0. The first-order valence-electron chi connectivity index (χ1n) is 7.19. The maximum Gasteiger partial charge on any atom is -0.0147 e. The van der Waals surface area contributed by atoms with Crippen molar-refractivity contribution in [3.63, 3.8) is 0 Å². The lowest BCUT2D eigenvalue weighted by atomic mass is 9.09. The van der Waals surface area contributed by atoms with Crippen LogP contribution in [0.1, 0.15) is 39.5 Å². The third-order valence-electron chi connectivity index (χ3n) is 9.20. The summed E-state index contributed by atoms with van der Waals surface area (Å²) >= 11 is 0. The van der Waals surface area contributed by atoms with Crippen LogP contribution in [0.5, 0.6) is 0 Å². The van der Waals surface area contributed by atoms with Crippen molar-refractivity contribution in [2.75, 3.05) is 0 Å². The van der Waals surface area contributed by atoms with Crippen LogP contribution in [0.25, 0.3) is 0 Å². The standard InChI is InChI=1S/C15H20/c1-7-3-10-12-11-5-8-4-9-6-14(7,10)13(12,2)15(8,9)11/h7-12H,3-6H2,1-2H3. The molecule has 0 aromatic heterocycles. The third-order valence-corrected chi connectivity index (χ3v) is 9.20. The quantitative estimate of drug-likeness (QED) is 0.562. The van der Waals surface area contributed by atoms with Crippen molar-refractivity contribution in [3.05, 3.63) is 0 Å². The van der Waals surface area contributed by atoms with Crippen LogP contribution in [0.2, 0.25) is 0 Å². The molecule has 0 N–H and O–H groups in total. The van der Waals surface area contributed by atoms with E-state index in [1.165, 1.54) is 29.6 Å². The van der Waals surface area contributed by atoms with Crippen LogP contribution in [0.4, 0.5) is 0 Å². The van der Waals surface area contributed by atoms with Crippen LogP contribution in [0.3, 0.4) is 0 Å². The number of hydrogen-bond acceptors (Lipinski definition) is 0. The van der Waals surface area contributed by atoms with Crippen LogP contribution >= 0.6 is 0 Å². The van der Waals surface area contributed by atoms with Crippen molar-refractivity contribution in [2.24, 2.45) is 51.8 Å². The van der Waals surface area contributed by atoms with E-state index in [2.05, 4.69) is 13.8 Å². The van der Waals surface area contributed by atoms with Gasteiger partial charge in [0.05, 0.1) is 0 Å². The SMILES string of the molecule is CC1CC2C3C4CC5CC6CC12C3(C)C564. The van der Waals surface area contributed by atoms with Crippen molar-refractivity contribution >= 4 is 0 Å². The van der Waals surface area contributed by atoms with E-state index in [4.69, 9.17) is 0 Å². The van der Waals surface area contributed by atoms with Crippen molar-refractivity contribution in [1.82, 2.24) is 0 Å². The molecule has 9 unspecified atom stereocenters. The zero-order valence-corrected chi connectivity index (χ0v) is 9.79. The van der Waals surface area contributed by atoms with E-state index in [9.17, 15) is 0 Å². The van der Waals surface area contributed by atoms with Gasteiger partial charge in [-0.2, -0.15) is 0 Å². The van der Waals surface area contributed by atoms with Crippen molar-refractivity contribution in [1.29, 1.82) is 0 Å². The van der Waals surface area contributed by atoms with Gasteiger partial charge in [0, 0.05) is 0 Å². The summed E-state index contributed by atoms with van der Waals surface area (Å²) in [5, 5.41) is 0. The zero-order chi connectivity index (χ0) is 9.79. The van der Waals surface area contributed by atoms with E-state index >= 15 is 0 Å². The average Bonchev–Trinajstić information content (AvgIpc) is 2.40. The minimum Gasteiger partial charge on any atom is -0.0619 e. The lowest BCUT2D eigenvalue weighted by Gasteiger charge is -2.95. The Labute approximate surface area is 91.8 Å². The number of rotatable bonds is 0. The predicted octanol–water partition coefficient (Wildman–Crippen LogP) is 3.32. The fourth-order valence-electron chi connectivity index (χ4n) is 9.31. The van der Waals surface area contributed by atoms with Gasteiger partial charge in [-0.1, -0.05) is 13.8 Å². The molecule has 6 fully saturated rings. The highest BCUT2D eigenvalue weighted by Gasteiger charge is 3.00. The van der Waals surface area contributed by atoms with Crippen LogP contribution in [0, 0.1) is 51.8 Å². The second kappa shape index (κ2) is 1.48. The van der Waals surface area contributed by atoms with Crippen LogP contribution in [-0.2, 0) is 0 Å². The average molecular weight is 200 g/mol. The summed E-state index contributed by atoms with van der Waals surface area (Å²) < 4.78 is 0. The molecule has 6 aliphatic carbocycles. The summed E-state index contributed by atoms with van der Waals surface area (Å²) in [6, 6.07) is 0. The van der Waals surface area contributed by atoms with E-state index in [1.807, 2.05) is 0 Å². The lowest BCUT2D eigenvalue weighted by Crippen LogP contribution is -2.90. The van der Waals surface area contributed by atoms with Crippen molar-refractivity contribution < 1.29 is 0 Å². The van der Waals surface area contributed by atoms with Gasteiger partial charge in [0.1, 0.15) is 0 Å². The van der Waals surface area contributed by atoms with E-state index in [0.717, 1.165) is 22.2 Å². The van der Waals surface area contributed by atoms with Crippen molar-refractivity contribution in [2.45, 2.75) is 39.5 Å². The van der Waals surface area contributed by atoms with E-state index in [0.29, 0.717) is 0 Å². The molecule has 0 aromatic carbocycles. The minimum atomic E-state index is 0.874. The second-order valence-corrected chi connectivity index (χ2v) is 8.12. The second-order valence-electron chi connectivity index (χ2n) is 8.12. The van der Waals surface area contributed by atoms with Gasteiger partial charge in [0.15, 0.2) is 0 Å². The topological polar surface area (TPSA) is 0 Å². The van der Waals surface area contributed by atoms with Crippen LogP contribution in [0.15, 0.2) is 0 Å². The van der Waals surface area contributed by atoms with Gasteiger partial charge < -0.3 is 0 Å². The Balaban J connectivity index is 1.66. The van der Waals surface area contributed by atoms with Gasteiger partial charge in [-0.05, 0) is 77.4 Å². The summed E-state index contributed by atoms with van der Waals surface area (Å²) in [5.41, 5.74) is 2.73. The van der Waals surface area contributed by atoms with Crippen LogP contribution < -0.4 is 0 Å². The van der Waals surface area contributed by atoms with Crippen LogP contribution in [-0.4, -0.2) is 0 Å². The first-order chi connectivity index (χ1) is 7.19. The Bertz CT molecular complexity index is 426. The molecule has 0 amide bonds. The Hall–Kier alpha value is 0. The summed E-state index contributed by atoms with van der Waals surface area (Å²) in [6.45, 7) is 5.30. The molecule has 80 valence electrons. The first-order valence-corrected chi connectivity index (χ1v) is 7.19. The molecule has 15 heavy (non-hydrogen) atoms. The third kappa shape index (κ3) is 0.323. The highest BCUT2D eigenvalue weighted by Crippen LogP contribution is 3.05. The monoisotopic (exact) mass is 200 g/mol. The normalized spacial score (nSPS) is 88.4. The Morgan fingerprint density at radius 2 is 1.87 bits per heavy atom. The van der Waals surface area contributed by atoms with Gasteiger partial charge in [-0.3, -0.25) is 0 Å². The van der Waals surface area contributed by atoms with Gasteiger partial charge in [-0.25, -0.2) is 0 Å². The smallest absolute Gasteiger partial charge is 0.0147 e. The molecule has 0 saturated heterocycles. The first kappa shape index (κ1) is 7.35. The maximum atomic E-state index is 2.73. The Morgan fingerprint density at radius 1 is 1.00 bits per heavy atom. The fraction of sp³-hybridized carbons (Fsp3) is 1.00. The Morgan fingerprint density at radius 3 is 2.60 bits per heavy atom. The molecular formula is C15H20. The fourth-order valence-corrected chi connectivity index (χ4v) is 9.31. The van der Waals surface area contributed by atoms with E-state index in [-0.39, 0.29) is 0 Å². The maximum absolute atomic E-state index is 2.73. The summed E-state index contributed by atoms with van der Waals surface area (Å²) in [7, 11) is 0. The number of hydrogen-bond donors (Lipinski definition) is 0. The molecule has 6 saturated carbocycles. The van der Waals surface area contributed by atoms with Gasteiger partial charge in [0.2, 0.25) is 0 Å². The molecule has 0 heterocycles. The van der Waals surface area contributed by atoms with Gasteiger partial charge in [0.25, 0.3) is 0 Å². The molecular weight excluding hydrogens is 180 g/mol. The lowest BCUT2D eigenvalue weighted by molar-refractivity contribution is -0.478. The summed E-state index contributed by atoms with van der Waals surface area (Å²) in [5.74, 6) is 7.16. The largest absolute Gasteiger partial charge is 0.0619 e. The molecule has 0 bridgehead atoms. The summed E-state index contributed by atoms with van der Waals surface area (Å²) in [6.07, 6.45) is 6.56. The molecule has 0 radical (unpaired) electrons. The van der Waals surface area contributed by atoms with E-state index in [1.54, 1.807) is 25.7 Å². The Kier molecular flexibility index (Phi) is 0.725. The van der Waals surface area contributed by atoms with E-state index < -0.39 is 0 Å². The predicted molar refractivity (Wildman–Crippen MR) is 58.1 cm³/mol. The molecule has 9 atom stereocenters. The van der Waals surface area contributed by atoms with Gasteiger partial charge in [-0.15, -0.1) is 0 Å². The highest BCUT2D eigenvalue weighted by molar-refractivity contribution is 5.47. The summed E-state index contributed by atoms with van der Waals surface area (Å²) in [4.78, 5) is 0. The molecule has 0 nitrogen and oxygen atoms in total. The number of fused-ring (bicyclic) bond motifs is 2. The molecule has 0 heteroatoms. The van der Waals surface area contributed by atoms with Gasteiger partial charge >= 0.3 is 0 Å². The molecule has 6 aliphatic rings. The molecule has 0 aromatic rings. The molecule has 0 aliphatic heterocycles. The zero-order valence-electron chi connectivity index (χ0n) is 9.79.